The van der Waals surface area contributed by atoms with E-state index in [9.17, 15) is 14.7 Å². The van der Waals surface area contributed by atoms with Gasteiger partial charge in [-0.05, 0) is 81.5 Å². The number of amides is 3. The SMILES string of the molecule is Cc1c(CN2CCN(C(=O)N3CCCC3)C(C)C2)cc(Cl)cc1NC(=O)CC1CCC(O)CC1. The first-order valence-corrected chi connectivity index (χ1v) is 13.2. The molecule has 1 saturated carbocycles. The van der Waals surface area contributed by atoms with Crippen molar-refractivity contribution in [3.05, 3.63) is 28.3 Å². The zero-order chi connectivity index (χ0) is 24.2. The molecular formula is C26H39ClN4O3. The highest BCUT2D eigenvalue weighted by Crippen LogP contribution is 2.30. The van der Waals surface area contributed by atoms with Crippen LogP contribution in [-0.4, -0.2) is 76.6 Å². The first kappa shape index (κ1) is 25.3. The molecule has 7 nitrogen and oxygen atoms in total. The summed E-state index contributed by atoms with van der Waals surface area (Å²) in [5.74, 6) is 0.351. The molecule has 1 aromatic rings. The average molecular weight is 491 g/mol. The zero-order valence-electron chi connectivity index (χ0n) is 20.6. The molecule has 1 aliphatic carbocycles. The van der Waals surface area contributed by atoms with Crippen LogP contribution in [0.2, 0.25) is 5.02 Å². The summed E-state index contributed by atoms with van der Waals surface area (Å²) in [5.41, 5.74) is 2.93. The van der Waals surface area contributed by atoms with E-state index in [-0.39, 0.29) is 24.1 Å². The van der Waals surface area contributed by atoms with E-state index in [1.54, 1.807) is 0 Å². The van der Waals surface area contributed by atoms with E-state index < -0.39 is 0 Å². The van der Waals surface area contributed by atoms with Gasteiger partial charge >= 0.3 is 6.03 Å². The van der Waals surface area contributed by atoms with Crippen LogP contribution >= 0.6 is 11.6 Å². The van der Waals surface area contributed by atoms with Gasteiger partial charge < -0.3 is 20.2 Å². The van der Waals surface area contributed by atoms with Gasteiger partial charge in [-0.25, -0.2) is 4.79 Å². The van der Waals surface area contributed by atoms with Crippen molar-refractivity contribution in [2.75, 3.05) is 38.0 Å². The Morgan fingerprint density at radius 1 is 1.09 bits per heavy atom. The molecule has 0 bridgehead atoms. The van der Waals surface area contributed by atoms with Gasteiger partial charge in [0.05, 0.1) is 6.10 Å². The molecule has 4 rings (SSSR count). The number of halogens is 1. The number of rotatable bonds is 5. The molecule has 2 heterocycles. The zero-order valence-corrected chi connectivity index (χ0v) is 21.3. The Hall–Kier alpha value is -1.83. The molecule has 1 aromatic carbocycles. The molecule has 2 saturated heterocycles. The van der Waals surface area contributed by atoms with E-state index in [4.69, 9.17) is 11.6 Å². The van der Waals surface area contributed by atoms with Gasteiger partial charge in [-0.1, -0.05) is 11.6 Å². The molecule has 1 atom stereocenters. The topological polar surface area (TPSA) is 76.1 Å². The van der Waals surface area contributed by atoms with Crippen LogP contribution in [0.4, 0.5) is 10.5 Å². The number of anilines is 1. The number of aliphatic hydroxyl groups excluding tert-OH is 1. The van der Waals surface area contributed by atoms with Gasteiger partial charge in [-0.2, -0.15) is 0 Å². The van der Waals surface area contributed by atoms with Gasteiger partial charge in [0.15, 0.2) is 0 Å². The van der Waals surface area contributed by atoms with Crippen LogP contribution in [0.1, 0.15) is 63.0 Å². The lowest BCUT2D eigenvalue weighted by atomic mass is 9.85. The number of benzene rings is 1. The number of likely N-dealkylation sites (tertiary alicyclic amines) is 1. The minimum absolute atomic E-state index is 0.0142. The van der Waals surface area contributed by atoms with E-state index in [1.165, 1.54) is 0 Å². The van der Waals surface area contributed by atoms with Crippen molar-refractivity contribution in [1.82, 2.24) is 14.7 Å². The van der Waals surface area contributed by atoms with Crippen molar-refractivity contribution in [1.29, 1.82) is 0 Å². The quantitative estimate of drug-likeness (QED) is 0.647. The molecule has 0 spiro atoms. The number of nitrogens with one attached hydrogen (secondary N) is 1. The molecule has 3 aliphatic rings. The first-order chi connectivity index (χ1) is 16.3. The molecule has 0 radical (unpaired) electrons. The number of hydrogen-bond acceptors (Lipinski definition) is 4. The minimum Gasteiger partial charge on any atom is -0.393 e. The second kappa shape index (κ2) is 11.3. The van der Waals surface area contributed by atoms with Gasteiger partial charge in [0.2, 0.25) is 5.91 Å². The Kier molecular flexibility index (Phi) is 8.38. The summed E-state index contributed by atoms with van der Waals surface area (Å²) in [6.45, 7) is 9.04. The number of aliphatic hydroxyl groups is 1. The Bertz CT molecular complexity index is 881. The van der Waals surface area contributed by atoms with Crippen molar-refractivity contribution < 1.29 is 14.7 Å². The molecule has 2 aliphatic heterocycles. The molecule has 188 valence electrons. The third kappa shape index (κ3) is 6.23. The van der Waals surface area contributed by atoms with E-state index in [1.807, 2.05) is 28.9 Å². The fourth-order valence-corrected chi connectivity index (χ4v) is 5.87. The Morgan fingerprint density at radius 3 is 2.47 bits per heavy atom. The number of carbonyl (C=O) groups excluding carboxylic acids is 2. The van der Waals surface area contributed by atoms with Crippen molar-refractivity contribution in [3.8, 4) is 0 Å². The molecule has 2 N–H and O–H groups in total. The lowest BCUT2D eigenvalue weighted by Crippen LogP contribution is -2.56. The highest BCUT2D eigenvalue weighted by atomic mass is 35.5. The minimum atomic E-state index is -0.208. The molecule has 34 heavy (non-hydrogen) atoms. The lowest BCUT2D eigenvalue weighted by Gasteiger charge is -2.41. The Balaban J connectivity index is 1.34. The summed E-state index contributed by atoms with van der Waals surface area (Å²) < 4.78 is 0. The van der Waals surface area contributed by atoms with Gasteiger partial charge in [0.25, 0.3) is 0 Å². The van der Waals surface area contributed by atoms with Crippen LogP contribution in [0.3, 0.4) is 0 Å². The predicted molar refractivity (Wildman–Crippen MR) is 135 cm³/mol. The summed E-state index contributed by atoms with van der Waals surface area (Å²) in [6, 6.07) is 4.16. The largest absolute Gasteiger partial charge is 0.393 e. The van der Waals surface area contributed by atoms with Crippen LogP contribution in [-0.2, 0) is 11.3 Å². The predicted octanol–water partition coefficient (Wildman–Crippen LogP) is 4.25. The number of carbonyl (C=O) groups is 2. The van der Waals surface area contributed by atoms with E-state index in [2.05, 4.69) is 17.1 Å². The third-order valence-corrected chi connectivity index (χ3v) is 7.99. The van der Waals surface area contributed by atoms with Crippen LogP contribution in [0.15, 0.2) is 12.1 Å². The smallest absolute Gasteiger partial charge is 0.320 e. The monoisotopic (exact) mass is 490 g/mol. The fourth-order valence-electron chi connectivity index (χ4n) is 5.63. The van der Waals surface area contributed by atoms with E-state index in [0.29, 0.717) is 17.4 Å². The van der Waals surface area contributed by atoms with Gasteiger partial charge in [-0.15, -0.1) is 0 Å². The van der Waals surface area contributed by atoms with Crippen LogP contribution < -0.4 is 5.32 Å². The number of nitrogens with zero attached hydrogens (tertiary/aromatic N) is 3. The first-order valence-electron chi connectivity index (χ1n) is 12.8. The molecular weight excluding hydrogens is 452 g/mol. The maximum atomic E-state index is 12.8. The van der Waals surface area contributed by atoms with Crippen molar-refractivity contribution in [2.45, 2.75) is 77.5 Å². The van der Waals surface area contributed by atoms with Gasteiger partial charge in [0, 0.05) is 62.4 Å². The number of urea groups is 1. The molecule has 8 heteroatoms. The van der Waals surface area contributed by atoms with Gasteiger partial charge in [0.1, 0.15) is 0 Å². The van der Waals surface area contributed by atoms with Gasteiger partial charge in [-0.3, -0.25) is 9.69 Å². The normalized spacial score (nSPS) is 26.1. The maximum Gasteiger partial charge on any atom is 0.320 e. The summed E-state index contributed by atoms with van der Waals surface area (Å²) in [4.78, 5) is 31.9. The van der Waals surface area contributed by atoms with Crippen LogP contribution in [0.5, 0.6) is 0 Å². The summed E-state index contributed by atoms with van der Waals surface area (Å²) in [5, 5.41) is 13.4. The third-order valence-electron chi connectivity index (χ3n) is 7.77. The average Bonchev–Trinajstić information content (AvgIpc) is 3.33. The fraction of sp³-hybridized carbons (Fsp3) is 0.692. The lowest BCUT2D eigenvalue weighted by molar-refractivity contribution is -0.117. The summed E-state index contributed by atoms with van der Waals surface area (Å²) in [7, 11) is 0. The molecule has 0 aromatic heterocycles. The van der Waals surface area contributed by atoms with Crippen LogP contribution in [0.25, 0.3) is 0 Å². The summed E-state index contributed by atoms with van der Waals surface area (Å²) >= 11 is 6.44. The number of piperazine rings is 1. The highest BCUT2D eigenvalue weighted by molar-refractivity contribution is 6.31. The van der Waals surface area contributed by atoms with Crippen LogP contribution in [0, 0.1) is 12.8 Å². The van der Waals surface area contributed by atoms with E-state index >= 15 is 0 Å². The van der Waals surface area contributed by atoms with Crippen molar-refractivity contribution in [2.24, 2.45) is 5.92 Å². The van der Waals surface area contributed by atoms with E-state index in [0.717, 1.165) is 94.6 Å². The van der Waals surface area contributed by atoms with Crippen molar-refractivity contribution in [3.63, 3.8) is 0 Å². The molecule has 3 amide bonds. The number of hydrogen-bond donors (Lipinski definition) is 2. The second-order valence-corrected chi connectivity index (χ2v) is 10.9. The maximum absolute atomic E-state index is 12.8. The Labute approximate surface area is 208 Å². The highest BCUT2D eigenvalue weighted by Gasteiger charge is 2.31. The summed E-state index contributed by atoms with van der Waals surface area (Å²) in [6.07, 6.45) is 5.87. The second-order valence-electron chi connectivity index (χ2n) is 10.4. The standard InChI is InChI=1S/C26H39ClN4O3/c1-18-16-29(11-12-31(18)26(34)30-9-3-4-10-30)17-21-14-22(27)15-24(19(21)2)28-25(33)13-20-5-7-23(32)8-6-20/h14-15,18,20,23,32H,3-13,16-17H2,1-2H3,(H,28,33). The van der Waals surface area contributed by atoms with Crippen molar-refractivity contribution >= 4 is 29.2 Å². The molecule has 3 fully saturated rings. The molecule has 1 unspecified atom stereocenters. The Morgan fingerprint density at radius 2 is 1.79 bits per heavy atom.